The molecule has 3 rings (SSSR count). The molecule has 0 bridgehead atoms. The van der Waals surface area contributed by atoms with Gasteiger partial charge >= 0.3 is 0 Å². The van der Waals surface area contributed by atoms with Gasteiger partial charge in [0.1, 0.15) is 24.0 Å². The fraction of sp³-hybridized carbons (Fsp3) is 0.278. The normalized spacial score (nSPS) is 18.4. The molecule has 0 radical (unpaired) electrons. The van der Waals surface area contributed by atoms with Gasteiger partial charge in [-0.3, -0.25) is 0 Å². The van der Waals surface area contributed by atoms with Gasteiger partial charge in [0.05, 0.1) is 29.2 Å². The zero-order chi connectivity index (χ0) is 19.6. The minimum absolute atomic E-state index is 0.00999. The smallest absolute Gasteiger partial charge is 0.261 e. The first kappa shape index (κ1) is 19.3. The Balaban J connectivity index is 2.03. The number of nitriles is 1. The third-order valence-corrected chi connectivity index (χ3v) is 4.90. The number of aliphatic hydroxyl groups is 1. The average molecular weight is 398 g/mol. The summed E-state index contributed by atoms with van der Waals surface area (Å²) in [5.74, 6) is -4.49. The molecule has 0 spiro atoms. The van der Waals surface area contributed by atoms with Crippen LogP contribution in [0.1, 0.15) is 29.2 Å². The molecule has 4 nitrogen and oxygen atoms in total. The standard InChI is InChI=1S/C18H14F4N2O2S/c19-7-13-16(26-12-4-10(8-23)3-11(20)5-12)2-1-14-17(13)15(25)6-18(21,22)9-27-24-14/h1-5,15,24-25H,6-7,9H2. The second-order valence-corrected chi connectivity index (χ2v) is 6.77. The van der Waals surface area contributed by atoms with Crippen LogP contribution in [0.25, 0.3) is 0 Å². The molecule has 1 aliphatic heterocycles. The van der Waals surface area contributed by atoms with E-state index in [1.807, 2.05) is 0 Å². The Morgan fingerprint density at radius 1 is 1.33 bits per heavy atom. The van der Waals surface area contributed by atoms with E-state index in [0.29, 0.717) is 5.69 Å². The number of nitrogens with one attached hydrogen (secondary N) is 1. The van der Waals surface area contributed by atoms with Crippen LogP contribution in [0.5, 0.6) is 11.5 Å². The molecular formula is C18H14F4N2O2S. The molecule has 2 aromatic carbocycles. The van der Waals surface area contributed by atoms with E-state index in [1.165, 1.54) is 18.2 Å². The zero-order valence-electron chi connectivity index (χ0n) is 13.8. The lowest BCUT2D eigenvalue weighted by Crippen LogP contribution is -2.26. The lowest BCUT2D eigenvalue weighted by Gasteiger charge is -2.27. The van der Waals surface area contributed by atoms with Crippen molar-refractivity contribution in [1.29, 1.82) is 5.26 Å². The van der Waals surface area contributed by atoms with E-state index in [0.717, 1.165) is 24.1 Å². The Morgan fingerprint density at radius 3 is 2.81 bits per heavy atom. The SMILES string of the molecule is N#Cc1cc(F)cc(Oc2ccc3c(c2CF)C(O)CC(F)(F)CSN3)c1. The summed E-state index contributed by atoms with van der Waals surface area (Å²) in [6, 6.07) is 7.92. The number of halogens is 4. The summed E-state index contributed by atoms with van der Waals surface area (Å²) in [5, 5.41) is 19.2. The first-order valence-corrected chi connectivity index (χ1v) is 8.85. The highest BCUT2D eigenvalue weighted by molar-refractivity contribution is 8.00. The molecule has 0 amide bonds. The van der Waals surface area contributed by atoms with Gasteiger partial charge in [0.2, 0.25) is 0 Å². The molecule has 2 N–H and O–H groups in total. The molecule has 142 valence electrons. The van der Waals surface area contributed by atoms with Crippen LogP contribution in [0.4, 0.5) is 23.2 Å². The molecule has 1 heterocycles. The van der Waals surface area contributed by atoms with E-state index >= 15 is 0 Å². The summed E-state index contributed by atoms with van der Waals surface area (Å²) in [5.41, 5.74) is 0.170. The molecule has 1 unspecified atom stereocenters. The minimum Gasteiger partial charge on any atom is -0.457 e. The molecule has 1 aliphatic rings. The molecule has 27 heavy (non-hydrogen) atoms. The Hall–Kier alpha value is -2.44. The Morgan fingerprint density at radius 2 is 2.11 bits per heavy atom. The number of alkyl halides is 3. The molecule has 0 aromatic heterocycles. The number of ether oxygens (including phenoxy) is 1. The first-order valence-electron chi connectivity index (χ1n) is 7.87. The van der Waals surface area contributed by atoms with Crippen molar-refractivity contribution in [2.75, 3.05) is 10.5 Å². The molecule has 9 heteroatoms. The van der Waals surface area contributed by atoms with Gasteiger partial charge < -0.3 is 14.6 Å². The summed E-state index contributed by atoms with van der Waals surface area (Å²) in [6.45, 7) is -1.09. The molecular weight excluding hydrogens is 384 g/mol. The van der Waals surface area contributed by atoms with Gasteiger partial charge in [0.15, 0.2) is 0 Å². The van der Waals surface area contributed by atoms with Crippen LogP contribution in [0.15, 0.2) is 30.3 Å². The van der Waals surface area contributed by atoms with E-state index in [1.54, 1.807) is 6.07 Å². The maximum atomic E-state index is 13.8. The van der Waals surface area contributed by atoms with Crippen LogP contribution in [0.3, 0.4) is 0 Å². The van der Waals surface area contributed by atoms with Crippen molar-refractivity contribution in [2.45, 2.75) is 25.1 Å². The monoisotopic (exact) mass is 398 g/mol. The van der Waals surface area contributed by atoms with Gasteiger partial charge in [-0.1, -0.05) is 0 Å². The van der Waals surface area contributed by atoms with Crippen molar-refractivity contribution in [3.63, 3.8) is 0 Å². The third-order valence-electron chi connectivity index (χ3n) is 3.97. The Kier molecular flexibility index (Phi) is 5.48. The van der Waals surface area contributed by atoms with Gasteiger partial charge in [0.25, 0.3) is 5.92 Å². The maximum Gasteiger partial charge on any atom is 0.261 e. The van der Waals surface area contributed by atoms with Crippen molar-refractivity contribution >= 4 is 17.6 Å². The fourth-order valence-corrected chi connectivity index (χ4v) is 3.56. The second kappa shape index (κ2) is 7.66. The predicted octanol–water partition coefficient (Wildman–Crippen LogP) is 5.09. The van der Waals surface area contributed by atoms with Crippen LogP contribution >= 0.6 is 11.9 Å². The molecule has 1 atom stereocenters. The van der Waals surface area contributed by atoms with Crippen LogP contribution in [-0.4, -0.2) is 16.8 Å². The largest absolute Gasteiger partial charge is 0.457 e. The van der Waals surface area contributed by atoms with Crippen LogP contribution in [0, 0.1) is 17.1 Å². The molecule has 0 aliphatic carbocycles. The highest BCUT2D eigenvalue weighted by Crippen LogP contribution is 2.43. The van der Waals surface area contributed by atoms with E-state index in [9.17, 15) is 22.7 Å². The molecule has 0 saturated carbocycles. The lowest BCUT2D eigenvalue weighted by molar-refractivity contribution is -0.0246. The minimum atomic E-state index is -3.14. The predicted molar refractivity (Wildman–Crippen MR) is 93.0 cm³/mol. The van der Waals surface area contributed by atoms with Crippen LogP contribution in [-0.2, 0) is 6.67 Å². The van der Waals surface area contributed by atoms with Crippen molar-refractivity contribution < 1.29 is 27.4 Å². The number of hydrogen-bond donors (Lipinski definition) is 2. The summed E-state index contributed by atoms with van der Waals surface area (Å²) < 4.78 is 63.1. The third kappa shape index (κ3) is 4.28. The number of nitrogens with zero attached hydrogens (tertiary/aromatic N) is 1. The van der Waals surface area contributed by atoms with Crippen molar-refractivity contribution in [3.05, 3.63) is 52.8 Å². The lowest BCUT2D eigenvalue weighted by atomic mass is 9.96. The van der Waals surface area contributed by atoms with Crippen molar-refractivity contribution in [3.8, 4) is 17.6 Å². The van der Waals surface area contributed by atoms with Gasteiger partial charge in [-0.25, -0.2) is 17.6 Å². The zero-order valence-corrected chi connectivity index (χ0v) is 14.6. The average Bonchev–Trinajstić information content (AvgIpc) is 2.60. The summed E-state index contributed by atoms with van der Waals surface area (Å²) in [4.78, 5) is 0. The second-order valence-electron chi connectivity index (χ2n) is 5.99. The summed E-state index contributed by atoms with van der Waals surface area (Å²) in [6.07, 6.45) is -2.47. The maximum absolute atomic E-state index is 13.8. The Labute approximate surface area is 156 Å². The van der Waals surface area contributed by atoms with Gasteiger partial charge in [-0.05, 0) is 36.2 Å². The number of benzene rings is 2. The molecule has 0 saturated heterocycles. The topological polar surface area (TPSA) is 65.3 Å². The van der Waals surface area contributed by atoms with Crippen molar-refractivity contribution in [2.24, 2.45) is 0 Å². The van der Waals surface area contributed by atoms with Crippen LogP contribution in [0.2, 0.25) is 0 Å². The highest BCUT2D eigenvalue weighted by Gasteiger charge is 2.37. The number of anilines is 1. The summed E-state index contributed by atoms with van der Waals surface area (Å²) in [7, 11) is 0. The van der Waals surface area contributed by atoms with Crippen molar-refractivity contribution in [1.82, 2.24) is 0 Å². The van der Waals surface area contributed by atoms with E-state index in [4.69, 9.17) is 10.00 Å². The molecule has 2 aromatic rings. The fourth-order valence-electron chi connectivity index (χ4n) is 2.82. The Bertz CT molecular complexity index is 902. The number of aliphatic hydroxyl groups excluding tert-OH is 1. The number of fused-ring (bicyclic) bond motifs is 1. The van der Waals surface area contributed by atoms with E-state index in [2.05, 4.69) is 4.72 Å². The van der Waals surface area contributed by atoms with Gasteiger partial charge in [0, 0.05) is 23.6 Å². The number of hydrogen-bond acceptors (Lipinski definition) is 5. The van der Waals surface area contributed by atoms with Gasteiger partial charge in [-0.2, -0.15) is 5.26 Å². The quantitative estimate of drug-likeness (QED) is 0.557. The molecule has 0 fully saturated rings. The highest BCUT2D eigenvalue weighted by atomic mass is 32.2. The summed E-state index contributed by atoms with van der Waals surface area (Å²) >= 11 is 0.757. The van der Waals surface area contributed by atoms with Gasteiger partial charge in [-0.15, -0.1) is 0 Å². The van der Waals surface area contributed by atoms with Crippen LogP contribution < -0.4 is 9.46 Å². The van der Waals surface area contributed by atoms with E-state index < -0.39 is 36.7 Å². The first-order chi connectivity index (χ1) is 12.8. The number of rotatable bonds is 3. The van der Waals surface area contributed by atoms with E-state index in [-0.39, 0.29) is 28.2 Å².